The molecule has 1 aromatic carbocycles. The largest absolute Gasteiger partial charge is 0.345 e. The number of aryl methyl sites for hydroxylation is 1. The van der Waals surface area contributed by atoms with E-state index < -0.39 is 11.8 Å². The number of rotatable bonds is 3. The average molecular weight is 379 g/mol. The zero-order chi connectivity index (χ0) is 16.6. The van der Waals surface area contributed by atoms with Gasteiger partial charge in [0.25, 0.3) is 0 Å². The highest BCUT2D eigenvalue weighted by Crippen LogP contribution is 2.49. The molecule has 4 unspecified atom stereocenters. The van der Waals surface area contributed by atoms with Crippen LogP contribution in [-0.4, -0.2) is 17.9 Å². The third kappa shape index (κ3) is 3.60. The van der Waals surface area contributed by atoms with Crippen LogP contribution in [0, 0.1) is 24.7 Å². The topological polar surface area (TPSA) is 58.2 Å². The van der Waals surface area contributed by atoms with Crippen molar-refractivity contribution in [3.8, 4) is 0 Å². The molecule has 1 aromatic rings. The molecule has 4 nitrogen and oxygen atoms in total. The summed E-state index contributed by atoms with van der Waals surface area (Å²) in [5.74, 6) is 0.931. The van der Waals surface area contributed by atoms with Gasteiger partial charge in [-0.1, -0.05) is 12.5 Å². The summed E-state index contributed by atoms with van der Waals surface area (Å²) in [5.41, 5.74) is 1.70. The molecule has 2 bridgehead atoms. The fraction of sp³-hybridized carbons (Fsp3) is 0.556. The fourth-order valence-electron chi connectivity index (χ4n) is 4.19. The van der Waals surface area contributed by atoms with Crippen LogP contribution < -0.4 is 10.6 Å². The Hall–Kier alpha value is -1.36. The van der Waals surface area contributed by atoms with E-state index in [9.17, 15) is 9.59 Å². The van der Waals surface area contributed by atoms with E-state index in [0.29, 0.717) is 11.6 Å². The predicted octanol–water partition coefficient (Wildman–Crippen LogP) is 3.64. The number of hydrogen-bond donors (Lipinski definition) is 2. The highest BCUT2D eigenvalue weighted by molar-refractivity contribution is 9.10. The number of carbonyl (C=O) groups is 2. The fourth-order valence-corrected chi connectivity index (χ4v) is 4.78. The van der Waals surface area contributed by atoms with Crippen molar-refractivity contribution in [2.75, 3.05) is 5.32 Å². The lowest BCUT2D eigenvalue weighted by atomic mass is 9.84. The van der Waals surface area contributed by atoms with Gasteiger partial charge in [0.2, 0.25) is 0 Å². The molecule has 2 fully saturated rings. The summed E-state index contributed by atoms with van der Waals surface area (Å²) in [7, 11) is 0. The second-order valence-corrected chi connectivity index (χ2v) is 7.89. The first-order chi connectivity index (χ1) is 10.9. The molecule has 2 amide bonds. The summed E-state index contributed by atoms with van der Waals surface area (Å²) in [5, 5.41) is 5.56. The monoisotopic (exact) mass is 378 g/mol. The van der Waals surface area contributed by atoms with Gasteiger partial charge in [-0.2, -0.15) is 0 Å². The van der Waals surface area contributed by atoms with Crippen molar-refractivity contribution in [3.05, 3.63) is 28.2 Å². The Labute approximate surface area is 145 Å². The summed E-state index contributed by atoms with van der Waals surface area (Å²) in [6, 6.07) is 5.66. The molecular weight excluding hydrogens is 356 g/mol. The molecule has 0 aliphatic heterocycles. The molecule has 0 heterocycles. The van der Waals surface area contributed by atoms with Gasteiger partial charge in [0, 0.05) is 10.5 Å². The molecule has 0 saturated heterocycles. The van der Waals surface area contributed by atoms with Gasteiger partial charge in [0.15, 0.2) is 0 Å². The van der Waals surface area contributed by atoms with Crippen LogP contribution in [-0.2, 0) is 9.59 Å². The summed E-state index contributed by atoms with van der Waals surface area (Å²) in [4.78, 5) is 24.3. The Kier molecular flexibility index (Phi) is 4.76. The van der Waals surface area contributed by atoms with Gasteiger partial charge < -0.3 is 10.6 Å². The minimum atomic E-state index is -0.607. The second-order valence-electron chi connectivity index (χ2n) is 7.04. The summed E-state index contributed by atoms with van der Waals surface area (Å²) < 4.78 is 0.778. The smallest absolute Gasteiger partial charge is 0.313 e. The van der Waals surface area contributed by atoms with Crippen LogP contribution in [0.2, 0.25) is 0 Å². The van der Waals surface area contributed by atoms with E-state index in [2.05, 4.69) is 26.6 Å². The minimum absolute atomic E-state index is 0.0602. The van der Waals surface area contributed by atoms with Crippen molar-refractivity contribution in [1.82, 2.24) is 5.32 Å². The first-order valence-corrected chi connectivity index (χ1v) is 9.11. The molecule has 2 aliphatic rings. The second kappa shape index (κ2) is 6.63. The minimum Gasteiger partial charge on any atom is -0.345 e. The van der Waals surface area contributed by atoms with Gasteiger partial charge in [-0.15, -0.1) is 0 Å². The molecule has 0 spiro atoms. The molecule has 3 rings (SSSR count). The average Bonchev–Trinajstić information content (AvgIpc) is 3.12. The van der Waals surface area contributed by atoms with E-state index in [1.54, 1.807) is 6.07 Å². The normalized spacial score (nSPS) is 26.8. The first kappa shape index (κ1) is 16.5. The van der Waals surface area contributed by atoms with Gasteiger partial charge in [0.1, 0.15) is 0 Å². The van der Waals surface area contributed by atoms with E-state index in [-0.39, 0.29) is 6.04 Å². The van der Waals surface area contributed by atoms with Crippen LogP contribution in [0.25, 0.3) is 0 Å². The molecule has 23 heavy (non-hydrogen) atoms. The molecule has 2 saturated carbocycles. The first-order valence-electron chi connectivity index (χ1n) is 8.32. The Bertz CT molecular complexity index is 631. The molecule has 4 atom stereocenters. The van der Waals surface area contributed by atoms with Crippen LogP contribution in [0.3, 0.4) is 0 Å². The zero-order valence-electron chi connectivity index (χ0n) is 13.6. The van der Waals surface area contributed by atoms with Crippen molar-refractivity contribution in [1.29, 1.82) is 0 Å². The predicted molar refractivity (Wildman–Crippen MR) is 94.1 cm³/mol. The third-order valence-corrected chi connectivity index (χ3v) is 6.03. The van der Waals surface area contributed by atoms with Gasteiger partial charge in [-0.05, 0) is 84.5 Å². The highest BCUT2D eigenvalue weighted by Gasteiger charge is 2.42. The van der Waals surface area contributed by atoms with Gasteiger partial charge in [-0.3, -0.25) is 9.59 Å². The van der Waals surface area contributed by atoms with E-state index >= 15 is 0 Å². The van der Waals surface area contributed by atoms with Gasteiger partial charge in [-0.25, -0.2) is 0 Å². The van der Waals surface area contributed by atoms with Gasteiger partial charge >= 0.3 is 11.8 Å². The number of fused-ring (bicyclic) bond motifs is 2. The number of halogens is 1. The molecule has 124 valence electrons. The molecular formula is C18H23BrN2O2. The van der Waals surface area contributed by atoms with Crippen LogP contribution in [0.4, 0.5) is 5.69 Å². The molecule has 0 radical (unpaired) electrons. The lowest BCUT2D eigenvalue weighted by Gasteiger charge is -2.28. The zero-order valence-corrected chi connectivity index (χ0v) is 15.2. The van der Waals surface area contributed by atoms with Crippen LogP contribution in [0.5, 0.6) is 0 Å². The van der Waals surface area contributed by atoms with Crippen molar-refractivity contribution in [2.45, 2.75) is 45.6 Å². The summed E-state index contributed by atoms with van der Waals surface area (Å²) >= 11 is 3.41. The Morgan fingerprint density at radius 3 is 2.61 bits per heavy atom. The Morgan fingerprint density at radius 1 is 1.22 bits per heavy atom. The third-order valence-electron chi connectivity index (χ3n) is 5.37. The van der Waals surface area contributed by atoms with E-state index in [1.807, 2.05) is 26.0 Å². The van der Waals surface area contributed by atoms with E-state index in [0.717, 1.165) is 21.9 Å². The maximum Gasteiger partial charge on any atom is 0.313 e. The molecule has 0 aromatic heterocycles. The molecule has 2 N–H and O–H groups in total. The molecule has 5 heteroatoms. The highest BCUT2D eigenvalue weighted by atomic mass is 79.9. The van der Waals surface area contributed by atoms with Crippen LogP contribution >= 0.6 is 15.9 Å². The Morgan fingerprint density at radius 2 is 2.00 bits per heavy atom. The lowest BCUT2D eigenvalue weighted by molar-refractivity contribution is -0.136. The number of amides is 2. The van der Waals surface area contributed by atoms with Crippen molar-refractivity contribution < 1.29 is 9.59 Å². The lowest BCUT2D eigenvalue weighted by Crippen LogP contribution is -2.45. The van der Waals surface area contributed by atoms with Crippen molar-refractivity contribution >= 4 is 33.4 Å². The van der Waals surface area contributed by atoms with Crippen LogP contribution in [0.15, 0.2) is 22.7 Å². The van der Waals surface area contributed by atoms with Crippen molar-refractivity contribution in [2.24, 2.45) is 17.8 Å². The van der Waals surface area contributed by atoms with Crippen LogP contribution in [0.1, 0.15) is 38.2 Å². The quantitative estimate of drug-likeness (QED) is 0.788. The number of hydrogen-bond acceptors (Lipinski definition) is 2. The standard InChI is InChI=1S/C18H23BrN2O2/c1-10-3-6-16(15(19)7-10)21-18(23)17(22)20-11(2)14-9-12-4-5-13(14)8-12/h3,6-7,11-14H,4-5,8-9H2,1-2H3,(H,20,22)(H,21,23). The maximum atomic E-state index is 12.2. The van der Waals surface area contributed by atoms with Gasteiger partial charge in [0.05, 0.1) is 5.69 Å². The summed E-state index contributed by atoms with van der Waals surface area (Å²) in [6.07, 6.45) is 5.10. The Balaban J connectivity index is 1.56. The number of nitrogens with one attached hydrogen (secondary N) is 2. The van der Waals surface area contributed by atoms with E-state index in [1.165, 1.54) is 25.7 Å². The molecule has 2 aliphatic carbocycles. The number of anilines is 1. The summed E-state index contributed by atoms with van der Waals surface area (Å²) in [6.45, 7) is 4.00. The number of benzene rings is 1. The maximum absolute atomic E-state index is 12.2. The van der Waals surface area contributed by atoms with E-state index in [4.69, 9.17) is 0 Å². The number of carbonyl (C=O) groups excluding carboxylic acids is 2. The van der Waals surface area contributed by atoms with Crippen molar-refractivity contribution in [3.63, 3.8) is 0 Å². The SMILES string of the molecule is Cc1ccc(NC(=O)C(=O)NC(C)C2CC3CCC2C3)c(Br)c1.